The molecule has 1 aliphatic rings. The van der Waals surface area contributed by atoms with Crippen molar-refractivity contribution in [2.24, 2.45) is 0 Å². The summed E-state index contributed by atoms with van der Waals surface area (Å²) in [6.07, 6.45) is 6.15. The summed E-state index contributed by atoms with van der Waals surface area (Å²) in [5.74, 6) is 0.625. The molecule has 2 aromatic rings. The summed E-state index contributed by atoms with van der Waals surface area (Å²) in [4.78, 5) is 14.3. The van der Waals surface area contributed by atoms with E-state index in [0.717, 1.165) is 43.2 Å². The van der Waals surface area contributed by atoms with Gasteiger partial charge in [-0.3, -0.25) is 9.36 Å². The highest BCUT2D eigenvalue weighted by atomic mass is 32.2. The average Bonchev–Trinajstić information content (AvgIpc) is 3.08. The number of rotatable bonds is 5. The summed E-state index contributed by atoms with van der Waals surface area (Å²) in [6.45, 7) is 3.92. The molecule has 2 heterocycles. The Hall–Kier alpha value is -1.82. The maximum Gasteiger partial charge on any atom is 0.233 e. The number of hydrogen-bond donors (Lipinski definition) is 0. The molecule has 122 valence electrons. The number of likely N-dealkylation sites (tertiary alicyclic amines) is 1. The zero-order valence-electron chi connectivity index (χ0n) is 13.4. The molecule has 5 nitrogen and oxygen atoms in total. The van der Waals surface area contributed by atoms with Crippen LogP contribution in [-0.2, 0) is 11.2 Å². The molecule has 0 atom stereocenters. The van der Waals surface area contributed by atoms with Crippen LogP contribution in [-0.4, -0.2) is 44.4 Å². The van der Waals surface area contributed by atoms with Crippen LogP contribution in [0.5, 0.6) is 0 Å². The van der Waals surface area contributed by atoms with Gasteiger partial charge in [-0.15, -0.1) is 10.2 Å². The van der Waals surface area contributed by atoms with Gasteiger partial charge < -0.3 is 4.90 Å². The first-order chi connectivity index (χ1) is 11.3. The van der Waals surface area contributed by atoms with Gasteiger partial charge in [0, 0.05) is 13.1 Å². The van der Waals surface area contributed by atoms with Crippen molar-refractivity contribution in [2.45, 2.75) is 37.8 Å². The molecule has 1 fully saturated rings. The van der Waals surface area contributed by atoms with Gasteiger partial charge in [-0.25, -0.2) is 0 Å². The van der Waals surface area contributed by atoms with Crippen molar-refractivity contribution in [1.29, 1.82) is 0 Å². The zero-order valence-corrected chi connectivity index (χ0v) is 14.3. The first-order valence-corrected chi connectivity index (χ1v) is 9.17. The molecule has 1 aromatic carbocycles. The number of nitrogens with zero attached hydrogens (tertiary/aromatic N) is 4. The van der Waals surface area contributed by atoms with E-state index < -0.39 is 0 Å². The lowest BCUT2D eigenvalue weighted by Crippen LogP contribution is -2.36. The number of amides is 1. The van der Waals surface area contributed by atoms with Crippen LogP contribution in [0.3, 0.4) is 0 Å². The predicted octanol–water partition coefficient (Wildman–Crippen LogP) is 2.93. The molecule has 1 aromatic heterocycles. The lowest BCUT2D eigenvalue weighted by atomic mass is 10.1. The normalized spacial score (nSPS) is 14.9. The highest BCUT2D eigenvalue weighted by Crippen LogP contribution is 2.23. The van der Waals surface area contributed by atoms with Gasteiger partial charge in [-0.05, 0) is 37.3 Å². The Bertz CT molecular complexity index is 664. The van der Waals surface area contributed by atoms with Crippen molar-refractivity contribution in [3.05, 3.63) is 36.2 Å². The molecule has 0 radical (unpaired) electrons. The number of thioether (sulfide) groups is 1. The summed E-state index contributed by atoms with van der Waals surface area (Å²) in [5, 5.41) is 9.00. The number of benzene rings is 1. The number of carbonyl (C=O) groups is 1. The van der Waals surface area contributed by atoms with Crippen molar-refractivity contribution in [1.82, 2.24) is 19.7 Å². The molecule has 0 bridgehead atoms. The molecule has 1 amide bonds. The second-order valence-electron chi connectivity index (χ2n) is 5.70. The molecule has 3 rings (SSSR count). The number of aromatic nitrogens is 3. The van der Waals surface area contributed by atoms with E-state index in [9.17, 15) is 4.79 Å². The summed E-state index contributed by atoms with van der Waals surface area (Å²) in [6, 6.07) is 8.24. The van der Waals surface area contributed by atoms with Crippen LogP contribution in [0, 0.1) is 0 Å². The summed E-state index contributed by atoms with van der Waals surface area (Å²) in [5.41, 5.74) is 2.34. The quantitative estimate of drug-likeness (QED) is 0.791. The molecule has 0 N–H and O–H groups in total. The highest BCUT2D eigenvalue weighted by Gasteiger charge is 2.18. The third-order valence-electron chi connectivity index (χ3n) is 4.18. The van der Waals surface area contributed by atoms with Crippen LogP contribution in [0.4, 0.5) is 0 Å². The minimum atomic E-state index is 0.202. The number of carbonyl (C=O) groups excluding carboxylic acids is 1. The largest absolute Gasteiger partial charge is 0.342 e. The van der Waals surface area contributed by atoms with Crippen molar-refractivity contribution in [2.75, 3.05) is 18.8 Å². The summed E-state index contributed by atoms with van der Waals surface area (Å²) in [7, 11) is 0. The van der Waals surface area contributed by atoms with Crippen LogP contribution >= 0.6 is 11.8 Å². The van der Waals surface area contributed by atoms with E-state index in [1.165, 1.54) is 23.7 Å². The minimum Gasteiger partial charge on any atom is -0.342 e. The van der Waals surface area contributed by atoms with E-state index >= 15 is 0 Å². The minimum absolute atomic E-state index is 0.202. The van der Waals surface area contributed by atoms with E-state index in [-0.39, 0.29) is 5.91 Å². The maximum absolute atomic E-state index is 12.3. The zero-order chi connectivity index (χ0) is 16.1. The molecule has 0 saturated carbocycles. The van der Waals surface area contributed by atoms with Crippen LogP contribution in [0.1, 0.15) is 31.7 Å². The lowest BCUT2D eigenvalue weighted by Gasteiger charge is -2.26. The van der Waals surface area contributed by atoms with Gasteiger partial charge in [0.2, 0.25) is 5.91 Å². The van der Waals surface area contributed by atoms with Crippen molar-refractivity contribution >= 4 is 17.7 Å². The van der Waals surface area contributed by atoms with Gasteiger partial charge in [0.15, 0.2) is 5.16 Å². The van der Waals surface area contributed by atoms with Gasteiger partial charge >= 0.3 is 0 Å². The number of hydrogen-bond acceptors (Lipinski definition) is 4. The van der Waals surface area contributed by atoms with Gasteiger partial charge in [0.25, 0.3) is 0 Å². The fourth-order valence-corrected chi connectivity index (χ4v) is 3.72. The molecular formula is C17H22N4OS. The summed E-state index contributed by atoms with van der Waals surface area (Å²) >= 11 is 1.47. The third-order valence-corrected chi connectivity index (χ3v) is 5.11. The van der Waals surface area contributed by atoms with Gasteiger partial charge in [0.1, 0.15) is 6.33 Å². The number of aryl methyl sites for hydroxylation is 1. The Morgan fingerprint density at radius 2 is 2.00 bits per heavy atom. The maximum atomic E-state index is 12.3. The Morgan fingerprint density at radius 1 is 1.22 bits per heavy atom. The fourth-order valence-electron chi connectivity index (χ4n) is 2.89. The Morgan fingerprint density at radius 3 is 2.78 bits per heavy atom. The molecular weight excluding hydrogens is 308 g/mol. The second-order valence-corrected chi connectivity index (χ2v) is 6.64. The molecule has 6 heteroatoms. The second kappa shape index (κ2) is 7.64. The van der Waals surface area contributed by atoms with E-state index in [1.54, 1.807) is 6.33 Å². The summed E-state index contributed by atoms with van der Waals surface area (Å²) < 4.78 is 1.98. The monoisotopic (exact) mass is 330 g/mol. The van der Waals surface area contributed by atoms with E-state index in [0.29, 0.717) is 5.75 Å². The van der Waals surface area contributed by atoms with Crippen LogP contribution in [0.15, 0.2) is 35.7 Å². The molecule has 23 heavy (non-hydrogen) atoms. The lowest BCUT2D eigenvalue weighted by molar-refractivity contribution is -0.129. The average molecular weight is 330 g/mol. The van der Waals surface area contributed by atoms with Gasteiger partial charge in [0.05, 0.1) is 11.4 Å². The van der Waals surface area contributed by atoms with E-state index in [4.69, 9.17) is 0 Å². The smallest absolute Gasteiger partial charge is 0.233 e. The standard InChI is InChI=1S/C17H22N4OS/c1-2-14-8-4-5-9-15(14)21-13-18-19-17(21)23-12-16(22)20-10-6-3-7-11-20/h4-5,8-9,13H,2-3,6-7,10-12H2,1H3. The first-order valence-electron chi connectivity index (χ1n) is 8.18. The number of para-hydroxylation sites is 1. The third kappa shape index (κ3) is 3.75. The van der Waals surface area contributed by atoms with E-state index in [1.807, 2.05) is 21.6 Å². The van der Waals surface area contributed by atoms with Crippen molar-refractivity contribution in [3.63, 3.8) is 0 Å². The Labute approximate surface area is 141 Å². The van der Waals surface area contributed by atoms with Crippen LogP contribution in [0.25, 0.3) is 5.69 Å². The fraction of sp³-hybridized carbons (Fsp3) is 0.471. The number of piperidine rings is 1. The van der Waals surface area contributed by atoms with Crippen molar-refractivity contribution in [3.8, 4) is 5.69 Å². The Kier molecular flexibility index (Phi) is 5.33. The van der Waals surface area contributed by atoms with Crippen molar-refractivity contribution < 1.29 is 4.79 Å². The Balaban J connectivity index is 1.70. The van der Waals surface area contributed by atoms with Crippen LogP contribution < -0.4 is 0 Å². The molecule has 0 unspecified atom stereocenters. The molecule has 0 aliphatic carbocycles. The molecule has 1 aliphatic heterocycles. The predicted molar refractivity (Wildman–Crippen MR) is 91.9 cm³/mol. The van der Waals surface area contributed by atoms with Gasteiger partial charge in [-0.2, -0.15) is 0 Å². The molecule has 1 saturated heterocycles. The van der Waals surface area contributed by atoms with Crippen LogP contribution in [0.2, 0.25) is 0 Å². The highest BCUT2D eigenvalue weighted by molar-refractivity contribution is 7.99. The first kappa shape index (κ1) is 16.1. The topological polar surface area (TPSA) is 51.0 Å². The molecule has 0 spiro atoms. The van der Waals surface area contributed by atoms with Gasteiger partial charge in [-0.1, -0.05) is 36.9 Å². The van der Waals surface area contributed by atoms with E-state index in [2.05, 4.69) is 29.3 Å². The SMILES string of the molecule is CCc1ccccc1-n1cnnc1SCC(=O)N1CCCCC1.